The summed E-state index contributed by atoms with van der Waals surface area (Å²) in [6, 6.07) is 16.3. The highest BCUT2D eigenvalue weighted by molar-refractivity contribution is 5.69. The molecule has 0 radical (unpaired) electrons. The lowest BCUT2D eigenvalue weighted by Crippen LogP contribution is -2.26. The van der Waals surface area contributed by atoms with Crippen molar-refractivity contribution < 1.29 is 9.53 Å². The van der Waals surface area contributed by atoms with E-state index in [0.717, 1.165) is 17.6 Å². The predicted octanol–water partition coefficient (Wildman–Crippen LogP) is 4.52. The van der Waals surface area contributed by atoms with Crippen LogP contribution in [0.1, 0.15) is 43.4 Å². The summed E-state index contributed by atoms with van der Waals surface area (Å²) >= 11 is 0. The predicted molar refractivity (Wildman–Crippen MR) is 90.6 cm³/mol. The van der Waals surface area contributed by atoms with E-state index >= 15 is 0 Å². The second-order valence-electron chi connectivity index (χ2n) is 6.34. The molecule has 0 heterocycles. The molecule has 0 bridgehead atoms. The number of aldehydes is 1. The molecule has 2 heteroatoms. The lowest BCUT2D eigenvalue weighted by Gasteiger charge is -2.24. The van der Waals surface area contributed by atoms with Crippen molar-refractivity contribution in [1.29, 1.82) is 0 Å². The number of hydrogen-bond donors (Lipinski definition) is 0. The Morgan fingerprint density at radius 1 is 1.05 bits per heavy atom. The van der Waals surface area contributed by atoms with Gasteiger partial charge >= 0.3 is 0 Å². The van der Waals surface area contributed by atoms with Gasteiger partial charge in [0.2, 0.25) is 0 Å². The van der Waals surface area contributed by atoms with Gasteiger partial charge in [0, 0.05) is 0 Å². The Hall–Kier alpha value is -2.09. The summed E-state index contributed by atoms with van der Waals surface area (Å²) in [5.41, 5.74) is 2.98. The van der Waals surface area contributed by atoms with Crippen LogP contribution in [0.15, 0.2) is 48.5 Å². The van der Waals surface area contributed by atoms with E-state index in [1.807, 2.05) is 31.2 Å². The Morgan fingerprint density at radius 2 is 1.64 bits per heavy atom. The maximum atomic E-state index is 11.7. The molecule has 0 amide bonds. The van der Waals surface area contributed by atoms with E-state index in [0.29, 0.717) is 12.3 Å². The molecule has 0 spiro atoms. The Kier molecular flexibility index (Phi) is 5.02. The molecule has 0 aliphatic carbocycles. The van der Waals surface area contributed by atoms with Gasteiger partial charge in [0.15, 0.2) is 0 Å². The molecule has 2 nitrogen and oxygen atoms in total. The minimum absolute atomic E-state index is 0.521. The second-order valence-corrected chi connectivity index (χ2v) is 6.34. The number of hydrogen-bond acceptors (Lipinski definition) is 2. The molecule has 2 aromatic rings. The van der Waals surface area contributed by atoms with Gasteiger partial charge in [0.05, 0.1) is 12.5 Å². The average Bonchev–Trinajstić information content (AvgIpc) is 2.55. The molecule has 22 heavy (non-hydrogen) atoms. The molecule has 0 fully saturated rings. The fourth-order valence-corrected chi connectivity index (χ4v) is 2.63. The van der Waals surface area contributed by atoms with Crippen molar-refractivity contribution >= 4 is 6.29 Å². The zero-order valence-electron chi connectivity index (χ0n) is 13.8. The number of carbonyl (C=O) groups excluding carboxylic acids is 1. The first-order valence-electron chi connectivity index (χ1n) is 7.68. The van der Waals surface area contributed by atoms with Gasteiger partial charge in [-0.05, 0) is 48.1 Å². The highest BCUT2D eigenvalue weighted by atomic mass is 16.5. The van der Waals surface area contributed by atoms with Crippen LogP contribution in [-0.4, -0.2) is 13.4 Å². The van der Waals surface area contributed by atoms with Crippen LogP contribution in [0.3, 0.4) is 0 Å². The van der Waals surface area contributed by atoms with Crippen molar-refractivity contribution in [3.05, 3.63) is 65.2 Å². The molecule has 0 N–H and O–H groups in total. The van der Waals surface area contributed by atoms with Gasteiger partial charge in [0.1, 0.15) is 12.0 Å². The Morgan fingerprint density at radius 3 is 2.09 bits per heavy atom. The molecule has 2 aromatic carbocycles. The third-order valence-corrected chi connectivity index (χ3v) is 4.23. The molecule has 0 aliphatic rings. The van der Waals surface area contributed by atoms with E-state index in [4.69, 9.17) is 4.74 Å². The van der Waals surface area contributed by atoms with Crippen molar-refractivity contribution in [2.75, 3.05) is 7.11 Å². The largest absolute Gasteiger partial charge is 0.497 e. The molecule has 0 aromatic heterocycles. The molecule has 1 unspecified atom stereocenters. The third-order valence-electron chi connectivity index (χ3n) is 4.23. The monoisotopic (exact) mass is 296 g/mol. The highest BCUT2D eigenvalue weighted by Gasteiger charge is 2.26. The summed E-state index contributed by atoms with van der Waals surface area (Å²) in [6.45, 7) is 6.35. The third kappa shape index (κ3) is 3.56. The van der Waals surface area contributed by atoms with Gasteiger partial charge in [0.25, 0.3) is 0 Å². The van der Waals surface area contributed by atoms with Crippen molar-refractivity contribution in [1.82, 2.24) is 0 Å². The average molecular weight is 296 g/mol. The zero-order valence-corrected chi connectivity index (χ0v) is 13.8. The summed E-state index contributed by atoms with van der Waals surface area (Å²) in [7, 11) is 1.64. The van der Waals surface area contributed by atoms with Crippen LogP contribution in [0.5, 0.6) is 5.75 Å². The quantitative estimate of drug-likeness (QED) is 0.733. The van der Waals surface area contributed by atoms with E-state index < -0.39 is 5.41 Å². The van der Waals surface area contributed by atoms with Crippen molar-refractivity contribution in [3.8, 4) is 5.75 Å². The van der Waals surface area contributed by atoms with E-state index in [1.165, 1.54) is 11.1 Å². The fourth-order valence-electron chi connectivity index (χ4n) is 2.63. The van der Waals surface area contributed by atoms with Gasteiger partial charge in [-0.25, -0.2) is 0 Å². The molecular formula is C20H24O2. The zero-order chi connectivity index (χ0) is 16.2. The van der Waals surface area contributed by atoms with E-state index in [1.54, 1.807) is 7.11 Å². The van der Waals surface area contributed by atoms with Gasteiger partial charge in [-0.1, -0.05) is 50.2 Å². The second kappa shape index (κ2) is 6.78. The van der Waals surface area contributed by atoms with Crippen LogP contribution in [0.25, 0.3) is 0 Å². The summed E-state index contributed by atoms with van der Waals surface area (Å²) in [6.07, 6.45) is 1.74. The van der Waals surface area contributed by atoms with E-state index in [-0.39, 0.29) is 0 Å². The smallest absolute Gasteiger partial charge is 0.130 e. The first-order valence-corrected chi connectivity index (χ1v) is 7.68. The number of rotatable bonds is 6. The minimum atomic E-state index is -0.522. The Labute approximate surface area is 133 Å². The summed E-state index contributed by atoms with van der Waals surface area (Å²) in [5.74, 6) is 1.33. The van der Waals surface area contributed by atoms with Crippen molar-refractivity contribution in [2.24, 2.45) is 0 Å². The van der Waals surface area contributed by atoms with Crippen LogP contribution in [-0.2, 0) is 16.6 Å². The summed E-state index contributed by atoms with van der Waals surface area (Å²) < 4.78 is 5.18. The van der Waals surface area contributed by atoms with Crippen LogP contribution in [0.2, 0.25) is 0 Å². The first kappa shape index (κ1) is 16.3. The van der Waals surface area contributed by atoms with Gasteiger partial charge in [-0.15, -0.1) is 0 Å². The molecule has 0 saturated heterocycles. The maximum absolute atomic E-state index is 11.7. The van der Waals surface area contributed by atoms with E-state index in [2.05, 4.69) is 38.1 Å². The van der Waals surface area contributed by atoms with Gasteiger partial charge in [-0.2, -0.15) is 0 Å². The van der Waals surface area contributed by atoms with Gasteiger partial charge in [-0.3, -0.25) is 0 Å². The van der Waals surface area contributed by atoms with Crippen LogP contribution in [0, 0.1) is 0 Å². The van der Waals surface area contributed by atoms with Crippen LogP contribution in [0.4, 0.5) is 0 Å². The lowest BCUT2D eigenvalue weighted by atomic mass is 9.78. The summed E-state index contributed by atoms with van der Waals surface area (Å²) in [4.78, 5) is 11.7. The number of ether oxygens (including phenoxy) is 1. The number of carbonyl (C=O) groups is 1. The summed E-state index contributed by atoms with van der Waals surface area (Å²) in [5, 5.41) is 0. The minimum Gasteiger partial charge on any atom is -0.497 e. The Bertz CT molecular complexity index is 611. The maximum Gasteiger partial charge on any atom is 0.130 e. The van der Waals surface area contributed by atoms with E-state index in [9.17, 15) is 4.79 Å². The van der Waals surface area contributed by atoms with Crippen LogP contribution >= 0.6 is 0 Å². The van der Waals surface area contributed by atoms with Crippen molar-refractivity contribution in [2.45, 2.75) is 38.5 Å². The van der Waals surface area contributed by atoms with Crippen molar-refractivity contribution in [3.63, 3.8) is 0 Å². The van der Waals surface area contributed by atoms with Gasteiger partial charge < -0.3 is 9.53 Å². The van der Waals surface area contributed by atoms with Crippen LogP contribution < -0.4 is 4.74 Å². The normalized spacial score (nSPS) is 13.7. The molecule has 116 valence electrons. The first-order chi connectivity index (χ1) is 10.5. The highest BCUT2D eigenvalue weighted by Crippen LogP contribution is 2.28. The number of methoxy groups -OCH3 is 1. The Balaban J connectivity index is 2.23. The fraction of sp³-hybridized carbons (Fsp3) is 0.350. The lowest BCUT2D eigenvalue weighted by molar-refractivity contribution is -0.112. The topological polar surface area (TPSA) is 26.3 Å². The molecule has 0 saturated carbocycles. The molecule has 0 aliphatic heterocycles. The SMILES string of the molecule is COc1ccc(C(C)(C=O)Cc2ccc(C(C)C)cc2)cc1. The molecule has 1 atom stereocenters. The molecular weight excluding hydrogens is 272 g/mol. The standard InChI is InChI=1S/C20H24O2/c1-15(2)17-7-5-16(6-8-17)13-20(3,14-21)18-9-11-19(22-4)12-10-18/h5-12,14-15H,13H2,1-4H3. The number of benzene rings is 2. The molecule has 2 rings (SSSR count).